The Hall–Kier alpha value is -0.850. The average Bonchev–Trinajstić information content (AvgIpc) is 2.37. The highest BCUT2D eigenvalue weighted by Crippen LogP contribution is 2.25. The highest BCUT2D eigenvalue weighted by Gasteiger charge is 2.33. The van der Waals surface area contributed by atoms with Crippen molar-refractivity contribution in [1.29, 1.82) is 0 Å². The van der Waals surface area contributed by atoms with Crippen LogP contribution < -0.4 is 0 Å². The minimum absolute atomic E-state index is 0.0422. The van der Waals surface area contributed by atoms with Crippen molar-refractivity contribution >= 4 is 5.96 Å². The van der Waals surface area contributed by atoms with Crippen LogP contribution in [0, 0.1) is 0 Å². The van der Waals surface area contributed by atoms with Gasteiger partial charge in [-0.25, -0.2) is 4.99 Å². The van der Waals surface area contributed by atoms with E-state index in [1.807, 2.05) is 38.0 Å². The van der Waals surface area contributed by atoms with E-state index in [-0.39, 0.29) is 12.2 Å². The number of aliphatic imine (C=N–C) groups is 1. The van der Waals surface area contributed by atoms with Crippen LogP contribution in [0.3, 0.4) is 0 Å². The van der Waals surface area contributed by atoms with Gasteiger partial charge in [0.2, 0.25) is 0 Å². The third-order valence-electron chi connectivity index (χ3n) is 3.21. The first kappa shape index (κ1) is 16.2. The predicted molar refractivity (Wildman–Crippen MR) is 75.5 cm³/mol. The maximum atomic E-state index is 8.96. The molecule has 0 radical (unpaired) electrons. The lowest BCUT2D eigenvalue weighted by atomic mass is 9.94. The van der Waals surface area contributed by atoms with Crippen LogP contribution in [0.25, 0.3) is 0 Å². The normalized spacial score (nSPS) is 17.9. The maximum Gasteiger partial charge on any atom is 0.195 e. The van der Waals surface area contributed by atoms with Gasteiger partial charge in [0, 0.05) is 54.2 Å². The van der Waals surface area contributed by atoms with Gasteiger partial charge in [0.25, 0.3) is 0 Å². The SMILES string of the molecule is CN(C)C(=NCC1(OCCO)CCOCC1)N(C)C. The quantitative estimate of drug-likeness (QED) is 0.565. The number of aliphatic hydroxyl groups excluding tert-OH is 1. The van der Waals surface area contributed by atoms with Crippen molar-refractivity contribution in [3.63, 3.8) is 0 Å². The topological polar surface area (TPSA) is 57.5 Å². The minimum atomic E-state index is -0.293. The smallest absolute Gasteiger partial charge is 0.195 e. The van der Waals surface area contributed by atoms with Crippen LogP contribution in [0.1, 0.15) is 12.8 Å². The van der Waals surface area contributed by atoms with E-state index in [1.54, 1.807) is 0 Å². The fourth-order valence-corrected chi connectivity index (χ4v) is 2.25. The molecule has 6 nitrogen and oxygen atoms in total. The van der Waals surface area contributed by atoms with Gasteiger partial charge < -0.3 is 24.4 Å². The standard InChI is InChI=1S/C13H27N3O3/c1-15(2)12(16(3)4)14-11-13(19-10-7-17)5-8-18-9-6-13/h17H,5-11H2,1-4H3. The Kier molecular flexibility index (Phi) is 6.54. The zero-order chi connectivity index (χ0) is 14.3. The van der Waals surface area contributed by atoms with Gasteiger partial charge in [-0.2, -0.15) is 0 Å². The summed E-state index contributed by atoms with van der Waals surface area (Å²) >= 11 is 0. The number of hydrogen-bond donors (Lipinski definition) is 1. The lowest BCUT2D eigenvalue weighted by Crippen LogP contribution is -2.44. The Labute approximate surface area is 116 Å². The zero-order valence-electron chi connectivity index (χ0n) is 12.6. The van der Waals surface area contributed by atoms with E-state index in [1.165, 1.54) is 0 Å². The van der Waals surface area contributed by atoms with E-state index in [4.69, 9.17) is 14.6 Å². The van der Waals surface area contributed by atoms with Crippen LogP contribution in [0.2, 0.25) is 0 Å². The largest absolute Gasteiger partial charge is 0.394 e. The molecule has 0 unspecified atom stereocenters. The van der Waals surface area contributed by atoms with Crippen molar-refractivity contribution in [1.82, 2.24) is 9.80 Å². The van der Waals surface area contributed by atoms with Crippen molar-refractivity contribution in [3.8, 4) is 0 Å². The van der Waals surface area contributed by atoms with E-state index in [9.17, 15) is 0 Å². The number of ether oxygens (including phenoxy) is 2. The first-order valence-corrected chi connectivity index (χ1v) is 6.72. The lowest BCUT2D eigenvalue weighted by Gasteiger charge is -2.36. The minimum Gasteiger partial charge on any atom is -0.394 e. The van der Waals surface area contributed by atoms with Crippen LogP contribution in [0.5, 0.6) is 0 Å². The third kappa shape index (κ3) is 4.97. The van der Waals surface area contributed by atoms with Crippen molar-refractivity contribution in [3.05, 3.63) is 0 Å². The number of hydrogen-bond acceptors (Lipinski definition) is 4. The highest BCUT2D eigenvalue weighted by molar-refractivity contribution is 5.79. The highest BCUT2D eigenvalue weighted by atomic mass is 16.5. The first-order valence-electron chi connectivity index (χ1n) is 6.72. The van der Waals surface area contributed by atoms with Crippen molar-refractivity contribution < 1.29 is 14.6 Å². The summed E-state index contributed by atoms with van der Waals surface area (Å²) in [6, 6.07) is 0. The van der Waals surface area contributed by atoms with Crippen LogP contribution in [0.4, 0.5) is 0 Å². The van der Waals surface area contributed by atoms with Crippen LogP contribution in [-0.4, -0.2) is 87.6 Å². The first-order chi connectivity index (χ1) is 9.01. The molecule has 1 N–H and O–H groups in total. The molecule has 112 valence electrons. The molecule has 6 heteroatoms. The predicted octanol–water partition coefficient (Wildman–Crippen LogP) is 0.0237. The molecule has 0 spiro atoms. The molecule has 0 aromatic rings. The van der Waals surface area contributed by atoms with Crippen molar-refractivity contribution in [2.24, 2.45) is 4.99 Å². The molecule has 0 aliphatic carbocycles. The van der Waals surface area contributed by atoms with Gasteiger partial charge in [0.1, 0.15) is 0 Å². The lowest BCUT2D eigenvalue weighted by molar-refractivity contribution is -0.111. The fourth-order valence-electron chi connectivity index (χ4n) is 2.25. The second kappa shape index (κ2) is 7.67. The molecular weight excluding hydrogens is 246 g/mol. The van der Waals surface area contributed by atoms with E-state index >= 15 is 0 Å². The summed E-state index contributed by atoms with van der Waals surface area (Å²) in [5, 5.41) is 8.96. The Balaban J connectivity index is 2.73. The Morgan fingerprint density at radius 1 is 1.21 bits per heavy atom. The monoisotopic (exact) mass is 273 g/mol. The second-order valence-electron chi connectivity index (χ2n) is 5.27. The van der Waals surface area contributed by atoms with E-state index < -0.39 is 0 Å². The number of rotatable bonds is 5. The Morgan fingerprint density at radius 3 is 2.26 bits per heavy atom. The van der Waals surface area contributed by atoms with Gasteiger partial charge in [-0.3, -0.25) is 0 Å². The van der Waals surface area contributed by atoms with Gasteiger partial charge in [-0.1, -0.05) is 0 Å². The zero-order valence-corrected chi connectivity index (χ0v) is 12.6. The summed E-state index contributed by atoms with van der Waals surface area (Å²) < 4.78 is 11.3. The van der Waals surface area contributed by atoms with Crippen LogP contribution in [0.15, 0.2) is 4.99 Å². The molecule has 1 rings (SSSR count). The molecule has 0 saturated carbocycles. The van der Waals surface area contributed by atoms with E-state index in [0.29, 0.717) is 26.4 Å². The fraction of sp³-hybridized carbons (Fsp3) is 0.923. The summed E-state index contributed by atoms with van der Waals surface area (Å²) in [7, 11) is 7.91. The maximum absolute atomic E-state index is 8.96. The summed E-state index contributed by atoms with van der Waals surface area (Å²) in [6.07, 6.45) is 1.65. The Morgan fingerprint density at radius 2 is 1.79 bits per heavy atom. The van der Waals surface area contributed by atoms with Gasteiger partial charge in [0.15, 0.2) is 5.96 Å². The molecule has 0 aromatic carbocycles. The number of aliphatic hydroxyl groups is 1. The van der Waals surface area contributed by atoms with Crippen LogP contribution >= 0.6 is 0 Å². The summed E-state index contributed by atoms with van der Waals surface area (Å²) in [5.74, 6) is 0.915. The van der Waals surface area contributed by atoms with E-state index in [2.05, 4.69) is 4.99 Å². The molecule has 0 aromatic heterocycles. The van der Waals surface area contributed by atoms with Crippen molar-refractivity contribution in [2.45, 2.75) is 18.4 Å². The summed E-state index contributed by atoms with van der Waals surface area (Å²) in [4.78, 5) is 8.65. The molecular formula is C13H27N3O3. The third-order valence-corrected chi connectivity index (χ3v) is 3.21. The van der Waals surface area contributed by atoms with Crippen LogP contribution in [-0.2, 0) is 9.47 Å². The number of guanidine groups is 1. The van der Waals surface area contributed by atoms with Gasteiger partial charge >= 0.3 is 0 Å². The molecule has 0 amide bonds. The molecule has 19 heavy (non-hydrogen) atoms. The number of nitrogens with zero attached hydrogens (tertiary/aromatic N) is 3. The Bertz CT molecular complexity index is 277. The molecule has 0 atom stereocenters. The van der Waals surface area contributed by atoms with Gasteiger partial charge in [-0.15, -0.1) is 0 Å². The van der Waals surface area contributed by atoms with Gasteiger partial charge in [0.05, 0.1) is 25.4 Å². The molecule has 0 bridgehead atoms. The summed E-state index contributed by atoms with van der Waals surface area (Å²) in [6.45, 7) is 2.39. The van der Waals surface area contributed by atoms with E-state index in [0.717, 1.165) is 18.8 Å². The summed E-state index contributed by atoms with van der Waals surface area (Å²) in [5.41, 5.74) is -0.293. The second-order valence-corrected chi connectivity index (χ2v) is 5.27. The average molecular weight is 273 g/mol. The molecule has 1 heterocycles. The molecule has 1 saturated heterocycles. The van der Waals surface area contributed by atoms with Crippen molar-refractivity contribution in [2.75, 3.05) is 61.2 Å². The van der Waals surface area contributed by atoms with Gasteiger partial charge in [-0.05, 0) is 0 Å². The molecule has 1 aliphatic heterocycles. The molecule has 1 fully saturated rings. The molecule has 1 aliphatic rings.